The first-order valence-corrected chi connectivity index (χ1v) is 6.14. The van der Waals surface area contributed by atoms with Gasteiger partial charge < -0.3 is 14.8 Å². The van der Waals surface area contributed by atoms with Gasteiger partial charge in [0.05, 0.1) is 6.61 Å². The molecule has 1 N–H and O–H groups in total. The summed E-state index contributed by atoms with van der Waals surface area (Å²) in [7, 11) is 1.62. The van der Waals surface area contributed by atoms with Crippen molar-refractivity contribution in [2.45, 2.75) is 19.4 Å². The van der Waals surface area contributed by atoms with Gasteiger partial charge >= 0.3 is 0 Å². The molecule has 2 rings (SSSR count). The van der Waals surface area contributed by atoms with Crippen molar-refractivity contribution in [3.63, 3.8) is 0 Å². The second-order valence-electron chi connectivity index (χ2n) is 4.30. The predicted octanol–water partition coefficient (Wildman–Crippen LogP) is 1.13. The van der Waals surface area contributed by atoms with Gasteiger partial charge in [-0.05, 0) is 18.9 Å². The lowest BCUT2D eigenvalue weighted by Crippen LogP contribution is -2.24. The molecule has 5 heteroatoms. The largest absolute Gasteiger partial charge is 0.475 e. The van der Waals surface area contributed by atoms with Crippen LogP contribution in [-0.4, -0.2) is 31.2 Å². The number of pyridine rings is 1. The molecule has 5 nitrogen and oxygen atoms in total. The quantitative estimate of drug-likeness (QED) is 0.737. The Balaban J connectivity index is 1.87. The highest BCUT2D eigenvalue weighted by Crippen LogP contribution is 2.29. The summed E-state index contributed by atoms with van der Waals surface area (Å²) in [4.78, 5) is 15.7. The van der Waals surface area contributed by atoms with E-state index in [4.69, 9.17) is 9.47 Å². The van der Waals surface area contributed by atoms with Crippen molar-refractivity contribution < 1.29 is 14.3 Å². The van der Waals surface area contributed by atoms with Crippen LogP contribution in [0.4, 0.5) is 0 Å². The fourth-order valence-corrected chi connectivity index (χ4v) is 1.58. The Kier molecular flexibility index (Phi) is 4.52. The SMILES string of the molecule is COCCOc1ncccc1CNC(=O)C1CC1. The third-order valence-corrected chi connectivity index (χ3v) is 2.78. The minimum absolute atomic E-state index is 0.127. The molecule has 1 aromatic heterocycles. The Morgan fingerprint density at radius 3 is 3.06 bits per heavy atom. The first kappa shape index (κ1) is 12.8. The minimum Gasteiger partial charge on any atom is -0.475 e. The van der Waals surface area contributed by atoms with Gasteiger partial charge in [0.2, 0.25) is 11.8 Å². The molecule has 98 valence electrons. The average Bonchev–Trinajstić information content (AvgIpc) is 3.22. The number of carbonyl (C=O) groups is 1. The van der Waals surface area contributed by atoms with Gasteiger partial charge in [0.1, 0.15) is 6.61 Å². The lowest BCUT2D eigenvalue weighted by molar-refractivity contribution is -0.122. The van der Waals surface area contributed by atoms with E-state index in [0.717, 1.165) is 18.4 Å². The van der Waals surface area contributed by atoms with Crippen LogP contribution in [0.1, 0.15) is 18.4 Å². The summed E-state index contributed by atoms with van der Waals surface area (Å²) in [5.41, 5.74) is 0.891. The van der Waals surface area contributed by atoms with Gasteiger partial charge in [0, 0.05) is 31.3 Å². The molecular formula is C13H18N2O3. The summed E-state index contributed by atoms with van der Waals surface area (Å²) in [5, 5.41) is 2.90. The van der Waals surface area contributed by atoms with Gasteiger partial charge in [0.15, 0.2) is 0 Å². The van der Waals surface area contributed by atoms with Crippen molar-refractivity contribution in [2.24, 2.45) is 5.92 Å². The van der Waals surface area contributed by atoms with E-state index in [0.29, 0.717) is 25.6 Å². The molecule has 0 aliphatic heterocycles. The monoisotopic (exact) mass is 250 g/mol. The van der Waals surface area contributed by atoms with E-state index in [1.165, 1.54) is 0 Å². The lowest BCUT2D eigenvalue weighted by Gasteiger charge is -2.10. The molecule has 0 spiro atoms. The van der Waals surface area contributed by atoms with Crippen LogP contribution in [0.25, 0.3) is 0 Å². The summed E-state index contributed by atoms with van der Waals surface area (Å²) >= 11 is 0. The molecule has 1 aliphatic rings. The summed E-state index contributed by atoms with van der Waals surface area (Å²) in [5.74, 6) is 0.909. The number of hydrogen-bond acceptors (Lipinski definition) is 4. The van der Waals surface area contributed by atoms with E-state index < -0.39 is 0 Å². The Labute approximate surface area is 107 Å². The second kappa shape index (κ2) is 6.35. The number of amides is 1. The fourth-order valence-electron chi connectivity index (χ4n) is 1.58. The third-order valence-electron chi connectivity index (χ3n) is 2.78. The van der Waals surface area contributed by atoms with E-state index >= 15 is 0 Å². The molecule has 0 saturated heterocycles. The molecule has 1 aromatic rings. The van der Waals surface area contributed by atoms with E-state index in [1.807, 2.05) is 12.1 Å². The van der Waals surface area contributed by atoms with E-state index in [1.54, 1.807) is 13.3 Å². The third kappa shape index (κ3) is 3.70. The van der Waals surface area contributed by atoms with Crippen LogP contribution in [0.5, 0.6) is 5.88 Å². The normalized spacial score (nSPS) is 14.3. The molecule has 0 aromatic carbocycles. The van der Waals surface area contributed by atoms with Crippen LogP contribution < -0.4 is 10.1 Å². The van der Waals surface area contributed by atoms with Crippen LogP contribution in [0, 0.1) is 5.92 Å². The zero-order chi connectivity index (χ0) is 12.8. The average molecular weight is 250 g/mol. The number of rotatable bonds is 7. The van der Waals surface area contributed by atoms with E-state index in [-0.39, 0.29) is 11.8 Å². The first-order chi connectivity index (χ1) is 8.81. The highest BCUT2D eigenvalue weighted by atomic mass is 16.5. The van der Waals surface area contributed by atoms with Gasteiger partial charge in [-0.3, -0.25) is 4.79 Å². The smallest absolute Gasteiger partial charge is 0.223 e. The molecule has 0 unspecified atom stereocenters. The number of aromatic nitrogens is 1. The maximum absolute atomic E-state index is 11.6. The van der Waals surface area contributed by atoms with Crippen LogP contribution in [0.3, 0.4) is 0 Å². The Morgan fingerprint density at radius 2 is 2.33 bits per heavy atom. The molecule has 1 heterocycles. The van der Waals surface area contributed by atoms with Crippen LogP contribution in [-0.2, 0) is 16.1 Å². The van der Waals surface area contributed by atoms with Gasteiger partial charge in [-0.15, -0.1) is 0 Å². The van der Waals surface area contributed by atoms with Gasteiger partial charge in [0.25, 0.3) is 0 Å². The Bertz CT molecular complexity index is 405. The standard InChI is InChI=1S/C13H18N2O3/c1-17-7-8-18-13-11(3-2-6-14-13)9-15-12(16)10-4-5-10/h2-3,6,10H,4-5,7-9H2,1H3,(H,15,16). The minimum atomic E-state index is 0.127. The molecule has 1 amide bonds. The summed E-state index contributed by atoms with van der Waals surface area (Å²) in [6.45, 7) is 1.44. The van der Waals surface area contributed by atoms with Crippen molar-refractivity contribution in [3.05, 3.63) is 23.9 Å². The van der Waals surface area contributed by atoms with E-state index in [2.05, 4.69) is 10.3 Å². The first-order valence-electron chi connectivity index (χ1n) is 6.14. The summed E-state index contributed by atoms with van der Waals surface area (Å²) < 4.78 is 10.4. The molecule has 1 aliphatic carbocycles. The lowest BCUT2D eigenvalue weighted by atomic mass is 10.2. The van der Waals surface area contributed by atoms with Crippen LogP contribution in [0.2, 0.25) is 0 Å². The zero-order valence-corrected chi connectivity index (χ0v) is 10.5. The predicted molar refractivity (Wildman–Crippen MR) is 66.2 cm³/mol. The highest BCUT2D eigenvalue weighted by Gasteiger charge is 2.29. The molecular weight excluding hydrogens is 232 g/mol. The molecule has 1 fully saturated rings. The van der Waals surface area contributed by atoms with E-state index in [9.17, 15) is 4.79 Å². The van der Waals surface area contributed by atoms with Gasteiger partial charge in [-0.2, -0.15) is 0 Å². The van der Waals surface area contributed by atoms with Crippen LogP contribution >= 0.6 is 0 Å². The van der Waals surface area contributed by atoms with Gasteiger partial charge in [-0.1, -0.05) is 6.07 Å². The Hall–Kier alpha value is -1.62. The summed E-state index contributed by atoms with van der Waals surface area (Å²) in [6, 6.07) is 3.74. The highest BCUT2D eigenvalue weighted by molar-refractivity contribution is 5.80. The maximum Gasteiger partial charge on any atom is 0.223 e. The van der Waals surface area contributed by atoms with Crippen molar-refractivity contribution in [3.8, 4) is 5.88 Å². The number of nitrogens with one attached hydrogen (secondary N) is 1. The molecule has 18 heavy (non-hydrogen) atoms. The van der Waals surface area contributed by atoms with Crippen molar-refractivity contribution in [2.75, 3.05) is 20.3 Å². The number of nitrogens with zero attached hydrogens (tertiary/aromatic N) is 1. The topological polar surface area (TPSA) is 60.5 Å². The molecule has 0 atom stereocenters. The van der Waals surface area contributed by atoms with Gasteiger partial charge in [-0.25, -0.2) is 4.98 Å². The molecule has 0 bridgehead atoms. The Morgan fingerprint density at radius 1 is 1.50 bits per heavy atom. The van der Waals surface area contributed by atoms with Crippen LogP contribution in [0.15, 0.2) is 18.3 Å². The van der Waals surface area contributed by atoms with Crippen molar-refractivity contribution in [1.82, 2.24) is 10.3 Å². The van der Waals surface area contributed by atoms with Crippen molar-refractivity contribution >= 4 is 5.91 Å². The molecule has 1 saturated carbocycles. The van der Waals surface area contributed by atoms with Crippen molar-refractivity contribution in [1.29, 1.82) is 0 Å². The molecule has 0 radical (unpaired) electrons. The number of carbonyl (C=O) groups excluding carboxylic acids is 1. The number of ether oxygens (including phenoxy) is 2. The number of hydrogen-bond donors (Lipinski definition) is 1. The second-order valence-corrected chi connectivity index (χ2v) is 4.30. The zero-order valence-electron chi connectivity index (χ0n) is 10.5. The fraction of sp³-hybridized carbons (Fsp3) is 0.538. The summed E-state index contributed by atoms with van der Waals surface area (Å²) in [6.07, 6.45) is 3.69. The maximum atomic E-state index is 11.6. The number of methoxy groups -OCH3 is 1.